The molecular weight excluding hydrogens is 424 g/mol. The van der Waals surface area contributed by atoms with Crippen molar-refractivity contribution in [3.05, 3.63) is 12.7 Å². The third-order valence-electron chi connectivity index (χ3n) is 7.93. The van der Waals surface area contributed by atoms with E-state index in [0.717, 1.165) is 25.7 Å². The minimum absolute atomic E-state index is 0.0800. The molecule has 3 aliphatic heterocycles. The van der Waals surface area contributed by atoms with Gasteiger partial charge in [-0.05, 0) is 44.9 Å². The van der Waals surface area contributed by atoms with Gasteiger partial charge in [-0.2, -0.15) is 0 Å². The number of fused-ring (bicyclic) bond motifs is 1. The van der Waals surface area contributed by atoms with E-state index in [1.54, 1.807) is 15.9 Å². The van der Waals surface area contributed by atoms with Gasteiger partial charge in [0.05, 0.1) is 11.5 Å². The molecule has 186 valence electrons. The van der Waals surface area contributed by atoms with Crippen LogP contribution in [0, 0.1) is 11.8 Å². The summed E-state index contributed by atoms with van der Waals surface area (Å²) in [6.45, 7) is 9.21. The predicted molar refractivity (Wildman–Crippen MR) is 123 cm³/mol. The number of hydrogen-bond donors (Lipinski definition) is 2. The van der Waals surface area contributed by atoms with E-state index in [1.165, 1.54) is 0 Å². The number of ether oxygens (including phenoxy) is 1. The summed E-state index contributed by atoms with van der Waals surface area (Å²) in [6, 6.07) is -0.816. The molecule has 3 rings (SSSR count). The van der Waals surface area contributed by atoms with Gasteiger partial charge in [-0.25, -0.2) is 0 Å². The van der Waals surface area contributed by atoms with Gasteiger partial charge in [-0.1, -0.05) is 32.8 Å². The van der Waals surface area contributed by atoms with Gasteiger partial charge in [-0.3, -0.25) is 14.4 Å². The minimum Gasteiger partial charge on any atom is -0.481 e. The lowest BCUT2D eigenvalue weighted by Crippen LogP contribution is -2.56. The van der Waals surface area contributed by atoms with Crippen molar-refractivity contribution in [3.8, 4) is 0 Å². The monoisotopic (exact) mass is 464 g/mol. The molecule has 8 heteroatoms. The first kappa shape index (κ1) is 25.7. The first-order valence-corrected chi connectivity index (χ1v) is 12.6. The van der Waals surface area contributed by atoms with Crippen LogP contribution in [0.15, 0.2) is 12.7 Å². The van der Waals surface area contributed by atoms with E-state index in [4.69, 9.17) is 9.84 Å². The van der Waals surface area contributed by atoms with Crippen molar-refractivity contribution >= 4 is 17.8 Å². The fraction of sp³-hybridized carbons (Fsp3) is 0.800. The SMILES string of the molecule is C=CCN(CCCCC)C(=O)C1N(CCCCCO)C(=O)[C@@H]2[C@@H](C(=O)O)[C@@]3(CC)CCC12O3. The molecule has 2 bridgehead atoms. The van der Waals surface area contributed by atoms with Crippen LogP contribution >= 0.6 is 0 Å². The number of aliphatic hydroxyl groups is 1. The van der Waals surface area contributed by atoms with Crippen LogP contribution in [0.4, 0.5) is 0 Å². The van der Waals surface area contributed by atoms with Gasteiger partial charge in [0.1, 0.15) is 17.6 Å². The molecule has 0 aliphatic carbocycles. The van der Waals surface area contributed by atoms with Gasteiger partial charge in [-0.15, -0.1) is 6.58 Å². The zero-order valence-electron chi connectivity index (χ0n) is 20.1. The number of amides is 2. The summed E-state index contributed by atoms with van der Waals surface area (Å²) in [5, 5.41) is 19.2. The fourth-order valence-corrected chi connectivity index (χ4v) is 6.36. The van der Waals surface area contributed by atoms with Gasteiger partial charge >= 0.3 is 5.97 Å². The first-order valence-electron chi connectivity index (χ1n) is 12.6. The van der Waals surface area contributed by atoms with Crippen molar-refractivity contribution in [2.24, 2.45) is 11.8 Å². The lowest BCUT2D eigenvalue weighted by Gasteiger charge is -2.37. The first-order chi connectivity index (χ1) is 15.8. The lowest BCUT2D eigenvalue weighted by atomic mass is 9.65. The average molecular weight is 465 g/mol. The summed E-state index contributed by atoms with van der Waals surface area (Å²) in [5.41, 5.74) is -1.98. The van der Waals surface area contributed by atoms with Crippen molar-refractivity contribution in [2.45, 2.75) is 88.9 Å². The number of nitrogens with zero attached hydrogens (tertiary/aromatic N) is 2. The Bertz CT molecular complexity index is 757. The van der Waals surface area contributed by atoms with E-state index in [1.807, 2.05) is 6.92 Å². The number of carbonyl (C=O) groups is 3. The molecule has 3 saturated heterocycles. The van der Waals surface area contributed by atoms with Crippen LogP contribution < -0.4 is 0 Å². The molecule has 0 saturated carbocycles. The smallest absolute Gasteiger partial charge is 0.310 e. The lowest BCUT2D eigenvalue weighted by molar-refractivity contribution is -0.157. The maximum Gasteiger partial charge on any atom is 0.310 e. The van der Waals surface area contributed by atoms with Crippen LogP contribution in [0.25, 0.3) is 0 Å². The highest BCUT2D eigenvalue weighted by atomic mass is 16.5. The number of unbranched alkanes of at least 4 members (excludes halogenated alkanes) is 4. The maximum atomic E-state index is 14.0. The Kier molecular flexibility index (Phi) is 8.22. The Hall–Kier alpha value is -1.93. The molecule has 8 nitrogen and oxygen atoms in total. The third-order valence-corrected chi connectivity index (χ3v) is 7.93. The normalized spacial score (nSPS) is 32.3. The topological polar surface area (TPSA) is 107 Å². The molecule has 5 atom stereocenters. The van der Waals surface area contributed by atoms with E-state index in [2.05, 4.69) is 13.5 Å². The molecule has 0 aromatic heterocycles. The summed E-state index contributed by atoms with van der Waals surface area (Å²) in [4.78, 5) is 43.4. The minimum atomic E-state index is -1.09. The third kappa shape index (κ3) is 4.32. The molecule has 2 amide bonds. The Labute approximate surface area is 196 Å². The number of aliphatic carboxylic acids is 1. The van der Waals surface area contributed by atoms with Crippen molar-refractivity contribution in [2.75, 3.05) is 26.2 Å². The molecule has 0 aromatic carbocycles. The Morgan fingerprint density at radius 2 is 1.97 bits per heavy atom. The van der Waals surface area contributed by atoms with E-state index < -0.39 is 35.0 Å². The average Bonchev–Trinajstić information content (AvgIpc) is 3.39. The quantitative estimate of drug-likeness (QED) is 0.302. The van der Waals surface area contributed by atoms with Crippen LogP contribution in [-0.2, 0) is 19.1 Å². The molecule has 0 radical (unpaired) electrons. The van der Waals surface area contributed by atoms with Crippen molar-refractivity contribution in [1.29, 1.82) is 0 Å². The standard InChI is InChI=1S/C25H40N2O6/c1-4-7-9-15-26(14-5-2)22(30)20-25-13-12-24(6-3,33-25)19(23(31)32)18(25)21(29)27(20)16-10-8-11-17-28/h5,18-20,28H,2,4,6-17H2,1,3H3,(H,31,32)/t18-,19-,20?,24+,25?/m0/s1. The number of rotatable bonds is 14. The molecule has 0 aromatic rings. The molecule has 3 aliphatic rings. The van der Waals surface area contributed by atoms with Crippen LogP contribution in [0.2, 0.25) is 0 Å². The number of carboxylic acids is 1. The maximum absolute atomic E-state index is 14.0. The van der Waals surface area contributed by atoms with E-state index in [0.29, 0.717) is 51.7 Å². The summed E-state index contributed by atoms with van der Waals surface area (Å²) in [6.07, 6.45) is 8.15. The van der Waals surface area contributed by atoms with E-state index in [-0.39, 0.29) is 18.4 Å². The second-order valence-electron chi connectivity index (χ2n) is 9.77. The molecule has 2 N–H and O–H groups in total. The largest absolute Gasteiger partial charge is 0.481 e. The van der Waals surface area contributed by atoms with Crippen molar-refractivity contribution in [3.63, 3.8) is 0 Å². The Balaban J connectivity index is 1.97. The Morgan fingerprint density at radius 1 is 1.21 bits per heavy atom. The van der Waals surface area contributed by atoms with E-state index in [9.17, 15) is 19.5 Å². The summed E-state index contributed by atoms with van der Waals surface area (Å²) in [7, 11) is 0. The highest BCUT2D eigenvalue weighted by Crippen LogP contribution is 2.64. The fourth-order valence-electron chi connectivity index (χ4n) is 6.36. The number of likely N-dealkylation sites (tertiary alicyclic amines) is 1. The number of hydrogen-bond acceptors (Lipinski definition) is 5. The van der Waals surface area contributed by atoms with Crippen LogP contribution in [-0.4, -0.2) is 81.3 Å². The molecule has 1 spiro atoms. The molecule has 33 heavy (non-hydrogen) atoms. The van der Waals surface area contributed by atoms with Crippen LogP contribution in [0.5, 0.6) is 0 Å². The van der Waals surface area contributed by atoms with Crippen molar-refractivity contribution in [1.82, 2.24) is 9.80 Å². The molecule has 3 heterocycles. The van der Waals surface area contributed by atoms with Gasteiger partial charge in [0.25, 0.3) is 0 Å². The second-order valence-corrected chi connectivity index (χ2v) is 9.77. The van der Waals surface area contributed by atoms with Crippen molar-refractivity contribution < 1.29 is 29.3 Å². The number of carbonyl (C=O) groups excluding carboxylic acids is 2. The van der Waals surface area contributed by atoms with Crippen LogP contribution in [0.3, 0.4) is 0 Å². The van der Waals surface area contributed by atoms with Gasteiger partial charge in [0.15, 0.2) is 0 Å². The summed E-state index contributed by atoms with van der Waals surface area (Å²) < 4.78 is 6.55. The number of aliphatic hydroxyl groups excluding tert-OH is 1. The summed E-state index contributed by atoms with van der Waals surface area (Å²) in [5.74, 6) is -3.23. The van der Waals surface area contributed by atoms with Gasteiger partial charge < -0.3 is 24.7 Å². The molecular formula is C25H40N2O6. The highest BCUT2D eigenvalue weighted by molar-refractivity contribution is 5.98. The molecule has 3 fully saturated rings. The number of carboxylic acid groups (broad SMARTS) is 1. The Morgan fingerprint density at radius 3 is 2.58 bits per heavy atom. The van der Waals surface area contributed by atoms with Gasteiger partial charge in [0.2, 0.25) is 11.8 Å². The predicted octanol–water partition coefficient (Wildman–Crippen LogP) is 2.59. The highest BCUT2D eigenvalue weighted by Gasteiger charge is 2.78. The second kappa shape index (κ2) is 10.6. The zero-order chi connectivity index (χ0) is 24.2. The van der Waals surface area contributed by atoms with Crippen LogP contribution in [0.1, 0.15) is 71.6 Å². The van der Waals surface area contributed by atoms with Gasteiger partial charge in [0, 0.05) is 26.2 Å². The molecule has 2 unspecified atom stereocenters. The van der Waals surface area contributed by atoms with E-state index >= 15 is 0 Å². The zero-order valence-corrected chi connectivity index (χ0v) is 20.1. The summed E-state index contributed by atoms with van der Waals surface area (Å²) >= 11 is 0.